The standard InChI is InChI=1S/C15H23ClN2O2/c1-18(15(19)7-5-3-4-6-10-17)12-8-9-14(20-2)13(16)11-12/h8-9,11H,3-7,10,17H2,1-2H3. The third-order valence-electron chi connectivity index (χ3n) is 3.24. The average molecular weight is 299 g/mol. The largest absolute Gasteiger partial charge is 0.495 e. The number of methoxy groups -OCH3 is 1. The predicted octanol–water partition coefficient (Wildman–Crippen LogP) is 3.22. The van der Waals surface area contributed by atoms with Crippen molar-refractivity contribution in [3.8, 4) is 5.75 Å². The molecule has 0 fully saturated rings. The number of hydrogen-bond donors (Lipinski definition) is 1. The zero-order valence-electron chi connectivity index (χ0n) is 12.2. The normalized spacial score (nSPS) is 10.4. The maximum atomic E-state index is 12.1. The first-order valence-electron chi connectivity index (χ1n) is 6.90. The summed E-state index contributed by atoms with van der Waals surface area (Å²) in [6.45, 7) is 0.720. The van der Waals surface area contributed by atoms with Crippen LogP contribution in [0.1, 0.15) is 32.1 Å². The summed E-state index contributed by atoms with van der Waals surface area (Å²) < 4.78 is 5.10. The molecular weight excluding hydrogens is 276 g/mol. The molecule has 1 rings (SSSR count). The molecule has 112 valence electrons. The monoisotopic (exact) mass is 298 g/mol. The van der Waals surface area contributed by atoms with Gasteiger partial charge in [-0.2, -0.15) is 0 Å². The minimum Gasteiger partial charge on any atom is -0.495 e. The Hall–Kier alpha value is -1.26. The minimum atomic E-state index is 0.0963. The molecule has 0 saturated carbocycles. The Morgan fingerprint density at radius 2 is 2.00 bits per heavy atom. The van der Waals surface area contributed by atoms with Crippen molar-refractivity contribution < 1.29 is 9.53 Å². The first kappa shape index (κ1) is 16.8. The number of halogens is 1. The van der Waals surface area contributed by atoms with Crippen LogP contribution in [0.5, 0.6) is 5.75 Å². The highest BCUT2D eigenvalue weighted by Gasteiger charge is 2.12. The zero-order valence-corrected chi connectivity index (χ0v) is 12.9. The lowest BCUT2D eigenvalue weighted by molar-refractivity contribution is -0.118. The molecule has 0 aliphatic heterocycles. The van der Waals surface area contributed by atoms with Gasteiger partial charge in [0, 0.05) is 19.2 Å². The molecule has 1 amide bonds. The molecule has 0 saturated heterocycles. The Balaban J connectivity index is 2.50. The van der Waals surface area contributed by atoms with E-state index in [0.29, 0.717) is 17.2 Å². The predicted molar refractivity (Wildman–Crippen MR) is 83.6 cm³/mol. The van der Waals surface area contributed by atoms with E-state index in [1.54, 1.807) is 31.2 Å². The van der Waals surface area contributed by atoms with Gasteiger partial charge in [-0.25, -0.2) is 0 Å². The molecule has 0 bridgehead atoms. The molecule has 2 N–H and O–H groups in total. The number of hydrogen-bond acceptors (Lipinski definition) is 3. The number of amides is 1. The summed E-state index contributed by atoms with van der Waals surface area (Å²) in [5.41, 5.74) is 6.22. The molecule has 0 aromatic heterocycles. The molecule has 4 nitrogen and oxygen atoms in total. The summed E-state index contributed by atoms with van der Waals surface area (Å²) in [4.78, 5) is 13.7. The summed E-state index contributed by atoms with van der Waals surface area (Å²) >= 11 is 6.07. The van der Waals surface area contributed by atoms with Crippen molar-refractivity contribution in [2.24, 2.45) is 5.73 Å². The lowest BCUT2D eigenvalue weighted by Crippen LogP contribution is -2.25. The van der Waals surface area contributed by atoms with Crippen LogP contribution >= 0.6 is 11.6 Å². The van der Waals surface area contributed by atoms with Gasteiger partial charge in [0.2, 0.25) is 5.91 Å². The van der Waals surface area contributed by atoms with E-state index >= 15 is 0 Å². The van der Waals surface area contributed by atoms with Crippen LogP contribution in [0.15, 0.2) is 18.2 Å². The Bertz CT molecular complexity index is 438. The van der Waals surface area contributed by atoms with E-state index in [1.807, 2.05) is 6.07 Å². The van der Waals surface area contributed by atoms with Gasteiger partial charge in [0.25, 0.3) is 0 Å². The molecular formula is C15H23ClN2O2. The van der Waals surface area contributed by atoms with Crippen molar-refractivity contribution >= 4 is 23.2 Å². The van der Waals surface area contributed by atoms with E-state index in [2.05, 4.69) is 0 Å². The number of nitrogens with two attached hydrogens (primary N) is 1. The third-order valence-corrected chi connectivity index (χ3v) is 3.54. The highest BCUT2D eigenvalue weighted by atomic mass is 35.5. The van der Waals surface area contributed by atoms with Gasteiger partial charge < -0.3 is 15.4 Å². The number of unbranched alkanes of at least 4 members (excludes halogenated alkanes) is 3. The first-order valence-corrected chi connectivity index (χ1v) is 7.28. The molecule has 1 aromatic carbocycles. The SMILES string of the molecule is COc1ccc(N(C)C(=O)CCCCCCN)cc1Cl. The van der Waals surface area contributed by atoms with Gasteiger partial charge in [-0.15, -0.1) is 0 Å². The van der Waals surface area contributed by atoms with E-state index in [-0.39, 0.29) is 5.91 Å². The summed E-state index contributed by atoms with van der Waals surface area (Å²) in [5.74, 6) is 0.706. The van der Waals surface area contributed by atoms with Crippen molar-refractivity contribution in [3.05, 3.63) is 23.2 Å². The summed E-state index contributed by atoms with van der Waals surface area (Å²) in [7, 11) is 3.33. The van der Waals surface area contributed by atoms with Crippen LogP contribution in [0.2, 0.25) is 5.02 Å². The molecule has 0 unspecified atom stereocenters. The van der Waals surface area contributed by atoms with Gasteiger partial charge in [0.15, 0.2) is 0 Å². The molecule has 0 aliphatic carbocycles. The zero-order chi connectivity index (χ0) is 15.0. The molecule has 0 aliphatic rings. The second-order valence-electron chi connectivity index (χ2n) is 4.72. The van der Waals surface area contributed by atoms with Gasteiger partial charge in [0.05, 0.1) is 12.1 Å². The number of ether oxygens (including phenoxy) is 1. The smallest absolute Gasteiger partial charge is 0.226 e. The maximum absolute atomic E-state index is 12.1. The minimum absolute atomic E-state index is 0.0963. The third kappa shape index (κ3) is 5.02. The Labute approximate surface area is 125 Å². The number of anilines is 1. The lowest BCUT2D eigenvalue weighted by Gasteiger charge is -2.18. The summed E-state index contributed by atoms with van der Waals surface area (Å²) in [6.07, 6.45) is 4.60. The summed E-state index contributed by atoms with van der Waals surface area (Å²) in [6, 6.07) is 5.34. The van der Waals surface area contributed by atoms with Gasteiger partial charge in [-0.3, -0.25) is 4.79 Å². The maximum Gasteiger partial charge on any atom is 0.226 e. The van der Waals surface area contributed by atoms with Gasteiger partial charge in [-0.05, 0) is 37.6 Å². The highest BCUT2D eigenvalue weighted by Crippen LogP contribution is 2.29. The molecule has 1 aromatic rings. The van der Waals surface area contributed by atoms with Crippen molar-refractivity contribution in [3.63, 3.8) is 0 Å². The van der Waals surface area contributed by atoms with E-state index in [0.717, 1.165) is 37.9 Å². The highest BCUT2D eigenvalue weighted by molar-refractivity contribution is 6.32. The van der Waals surface area contributed by atoms with Crippen LogP contribution in [-0.4, -0.2) is 26.6 Å². The molecule has 0 spiro atoms. The average Bonchev–Trinajstić information content (AvgIpc) is 2.46. The topological polar surface area (TPSA) is 55.6 Å². The first-order chi connectivity index (χ1) is 9.60. The molecule has 0 atom stereocenters. The fraction of sp³-hybridized carbons (Fsp3) is 0.533. The van der Waals surface area contributed by atoms with E-state index in [1.165, 1.54) is 0 Å². The molecule has 20 heavy (non-hydrogen) atoms. The summed E-state index contributed by atoms with van der Waals surface area (Å²) in [5, 5.41) is 0.507. The fourth-order valence-corrected chi connectivity index (χ4v) is 2.20. The number of nitrogens with zero attached hydrogens (tertiary/aromatic N) is 1. The van der Waals surface area contributed by atoms with Crippen molar-refractivity contribution in [2.45, 2.75) is 32.1 Å². The second kappa shape index (κ2) is 8.82. The van der Waals surface area contributed by atoms with E-state index < -0.39 is 0 Å². The van der Waals surface area contributed by atoms with Crippen LogP contribution in [0.25, 0.3) is 0 Å². The fourth-order valence-electron chi connectivity index (χ4n) is 1.95. The van der Waals surface area contributed by atoms with Crippen LogP contribution < -0.4 is 15.4 Å². The van der Waals surface area contributed by atoms with Crippen LogP contribution in [0.3, 0.4) is 0 Å². The van der Waals surface area contributed by atoms with Gasteiger partial charge >= 0.3 is 0 Å². The van der Waals surface area contributed by atoms with Crippen molar-refractivity contribution in [1.29, 1.82) is 0 Å². The Morgan fingerprint density at radius 1 is 1.30 bits per heavy atom. The number of rotatable bonds is 8. The number of benzene rings is 1. The van der Waals surface area contributed by atoms with Crippen molar-refractivity contribution in [1.82, 2.24) is 0 Å². The number of carbonyl (C=O) groups excluding carboxylic acids is 1. The number of carbonyl (C=O) groups is 1. The second-order valence-corrected chi connectivity index (χ2v) is 5.13. The van der Waals surface area contributed by atoms with Crippen LogP contribution in [0, 0.1) is 0 Å². The van der Waals surface area contributed by atoms with Crippen LogP contribution in [0.4, 0.5) is 5.69 Å². The van der Waals surface area contributed by atoms with E-state index in [9.17, 15) is 4.79 Å². The molecule has 5 heteroatoms. The quantitative estimate of drug-likeness (QED) is 0.750. The van der Waals surface area contributed by atoms with Gasteiger partial charge in [0.1, 0.15) is 5.75 Å². The molecule has 0 radical (unpaired) electrons. The Morgan fingerprint density at radius 3 is 2.60 bits per heavy atom. The van der Waals surface area contributed by atoms with E-state index in [4.69, 9.17) is 22.1 Å². The Kier molecular flexibility index (Phi) is 7.41. The van der Waals surface area contributed by atoms with Crippen LogP contribution in [-0.2, 0) is 4.79 Å². The van der Waals surface area contributed by atoms with Crippen molar-refractivity contribution in [2.75, 3.05) is 25.6 Å². The van der Waals surface area contributed by atoms with Gasteiger partial charge in [-0.1, -0.05) is 24.4 Å². The lowest BCUT2D eigenvalue weighted by atomic mass is 10.1. The molecule has 0 heterocycles.